The Balaban J connectivity index is 1.96. The average molecular weight is 345 g/mol. The van der Waals surface area contributed by atoms with Crippen molar-refractivity contribution < 1.29 is 4.79 Å². The topological polar surface area (TPSA) is 59.3 Å². The van der Waals surface area contributed by atoms with Gasteiger partial charge in [-0.3, -0.25) is 4.79 Å². The zero-order valence-electron chi connectivity index (χ0n) is 11.4. The Kier molecular flexibility index (Phi) is 3.70. The number of pyridine rings is 1. The van der Waals surface area contributed by atoms with Gasteiger partial charge in [-0.15, -0.1) is 0 Å². The summed E-state index contributed by atoms with van der Waals surface area (Å²) in [5.41, 5.74) is 1.87. The van der Waals surface area contributed by atoms with Gasteiger partial charge in [0.2, 0.25) is 0 Å². The normalized spacial score (nSPS) is 10.8. The summed E-state index contributed by atoms with van der Waals surface area (Å²) < 4.78 is 2.43. The van der Waals surface area contributed by atoms with Crippen LogP contribution in [-0.2, 0) is 6.42 Å². The number of fused-ring (bicyclic) bond motifs is 1. The van der Waals surface area contributed by atoms with Crippen molar-refractivity contribution in [2.24, 2.45) is 0 Å². The quantitative estimate of drug-likeness (QED) is 0.792. The third kappa shape index (κ3) is 2.67. The molecule has 0 aliphatic rings. The first kappa shape index (κ1) is 13.8. The van der Waals surface area contributed by atoms with Crippen LogP contribution < -0.4 is 5.32 Å². The zero-order chi connectivity index (χ0) is 14.8. The molecule has 1 amide bonds. The molecule has 21 heavy (non-hydrogen) atoms. The molecule has 0 atom stereocenters. The van der Waals surface area contributed by atoms with Crippen LogP contribution in [0.2, 0.25) is 0 Å². The SMILES string of the molecule is CCc1nc2c(NC(=O)c3ccccc3Br)cccn2n1. The van der Waals surface area contributed by atoms with Gasteiger partial charge in [0.25, 0.3) is 5.91 Å². The Morgan fingerprint density at radius 1 is 1.29 bits per heavy atom. The monoisotopic (exact) mass is 344 g/mol. The number of amides is 1. The van der Waals surface area contributed by atoms with Crippen LogP contribution in [0.3, 0.4) is 0 Å². The van der Waals surface area contributed by atoms with Crippen molar-refractivity contribution in [3.05, 3.63) is 58.5 Å². The second-order valence-electron chi connectivity index (χ2n) is 4.51. The minimum atomic E-state index is -0.184. The number of carbonyl (C=O) groups excluding carboxylic acids is 1. The highest BCUT2D eigenvalue weighted by molar-refractivity contribution is 9.10. The second kappa shape index (κ2) is 5.65. The van der Waals surface area contributed by atoms with Crippen LogP contribution in [0.15, 0.2) is 47.1 Å². The number of benzene rings is 1. The van der Waals surface area contributed by atoms with E-state index in [4.69, 9.17) is 0 Å². The van der Waals surface area contributed by atoms with E-state index in [0.29, 0.717) is 16.9 Å². The third-order valence-corrected chi connectivity index (χ3v) is 3.78. The predicted molar refractivity (Wildman–Crippen MR) is 84.5 cm³/mol. The Bertz CT molecular complexity index is 812. The fraction of sp³-hybridized carbons (Fsp3) is 0.133. The van der Waals surface area contributed by atoms with Gasteiger partial charge < -0.3 is 5.32 Å². The molecule has 106 valence electrons. The average Bonchev–Trinajstić information content (AvgIpc) is 2.92. The summed E-state index contributed by atoms with van der Waals surface area (Å²) in [4.78, 5) is 16.8. The summed E-state index contributed by atoms with van der Waals surface area (Å²) in [7, 11) is 0. The van der Waals surface area contributed by atoms with Crippen LogP contribution in [0.1, 0.15) is 23.1 Å². The van der Waals surface area contributed by atoms with E-state index in [0.717, 1.165) is 16.7 Å². The van der Waals surface area contributed by atoms with E-state index >= 15 is 0 Å². The highest BCUT2D eigenvalue weighted by Crippen LogP contribution is 2.20. The minimum Gasteiger partial charge on any atom is -0.319 e. The number of nitrogens with one attached hydrogen (secondary N) is 1. The number of aryl methyl sites for hydroxylation is 1. The smallest absolute Gasteiger partial charge is 0.256 e. The van der Waals surface area contributed by atoms with Crippen LogP contribution in [0, 0.1) is 0 Å². The fourth-order valence-corrected chi connectivity index (χ4v) is 2.50. The van der Waals surface area contributed by atoms with Gasteiger partial charge in [0.1, 0.15) is 0 Å². The van der Waals surface area contributed by atoms with Gasteiger partial charge in [-0.05, 0) is 40.2 Å². The standard InChI is InChI=1S/C15H13BrN4O/c1-2-13-18-14-12(8-5-9-20(14)19-13)17-15(21)10-6-3-4-7-11(10)16/h3-9H,2H2,1H3,(H,17,21). The van der Waals surface area contributed by atoms with E-state index in [1.54, 1.807) is 10.6 Å². The largest absolute Gasteiger partial charge is 0.319 e. The lowest BCUT2D eigenvalue weighted by molar-refractivity contribution is 0.102. The first-order valence-electron chi connectivity index (χ1n) is 6.59. The molecule has 0 spiro atoms. The first-order chi connectivity index (χ1) is 10.2. The van der Waals surface area contributed by atoms with Crippen molar-refractivity contribution in [3.63, 3.8) is 0 Å². The van der Waals surface area contributed by atoms with Crippen molar-refractivity contribution in [1.29, 1.82) is 0 Å². The molecule has 0 aliphatic heterocycles. The predicted octanol–water partition coefficient (Wildman–Crippen LogP) is 3.31. The third-order valence-electron chi connectivity index (χ3n) is 3.09. The molecule has 3 aromatic rings. The highest BCUT2D eigenvalue weighted by atomic mass is 79.9. The van der Waals surface area contributed by atoms with Crippen LogP contribution >= 0.6 is 15.9 Å². The molecule has 0 fully saturated rings. The molecule has 0 bridgehead atoms. The number of hydrogen-bond acceptors (Lipinski definition) is 3. The molecular weight excluding hydrogens is 332 g/mol. The fourth-order valence-electron chi connectivity index (χ4n) is 2.03. The van der Waals surface area contributed by atoms with Crippen molar-refractivity contribution >= 4 is 33.2 Å². The van der Waals surface area contributed by atoms with E-state index in [2.05, 4.69) is 31.3 Å². The molecule has 0 aliphatic carbocycles. The molecular formula is C15H13BrN4O. The maximum atomic E-state index is 12.4. The van der Waals surface area contributed by atoms with Gasteiger partial charge in [-0.2, -0.15) is 5.10 Å². The van der Waals surface area contributed by atoms with Crippen molar-refractivity contribution in [3.8, 4) is 0 Å². The zero-order valence-corrected chi connectivity index (χ0v) is 13.0. The number of halogens is 1. The van der Waals surface area contributed by atoms with E-state index in [9.17, 15) is 4.79 Å². The summed E-state index contributed by atoms with van der Waals surface area (Å²) >= 11 is 3.38. The number of aromatic nitrogens is 3. The lowest BCUT2D eigenvalue weighted by atomic mass is 10.2. The molecule has 5 nitrogen and oxygen atoms in total. The Morgan fingerprint density at radius 3 is 2.86 bits per heavy atom. The maximum Gasteiger partial charge on any atom is 0.256 e. The van der Waals surface area contributed by atoms with Crippen molar-refractivity contribution in [2.45, 2.75) is 13.3 Å². The molecule has 0 saturated heterocycles. The van der Waals surface area contributed by atoms with E-state index in [1.807, 2.05) is 43.5 Å². The van der Waals surface area contributed by atoms with Gasteiger partial charge >= 0.3 is 0 Å². The van der Waals surface area contributed by atoms with Crippen molar-refractivity contribution in [1.82, 2.24) is 14.6 Å². The summed E-state index contributed by atoms with van der Waals surface area (Å²) in [5.74, 6) is 0.564. The lowest BCUT2D eigenvalue weighted by Gasteiger charge is -2.07. The number of rotatable bonds is 3. The maximum absolute atomic E-state index is 12.4. The highest BCUT2D eigenvalue weighted by Gasteiger charge is 2.13. The van der Waals surface area contributed by atoms with Crippen LogP contribution in [-0.4, -0.2) is 20.5 Å². The van der Waals surface area contributed by atoms with Gasteiger partial charge in [0, 0.05) is 17.1 Å². The molecule has 1 aromatic carbocycles. The van der Waals surface area contributed by atoms with E-state index < -0.39 is 0 Å². The molecule has 2 heterocycles. The Labute approximate surface area is 130 Å². The minimum absolute atomic E-state index is 0.184. The van der Waals surface area contributed by atoms with Gasteiger partial charge in [-0.25, -0.2) is 9.50 Å². The molecule has 0 saturated carbocycles. The number of carbonyl (C=O) groups is 1. The van der Waals surface area contributed by atoms with E-state index in [1.165, 1.54) is 0 Å². The molecule has 2 aromatic heterocycles. The summed E-state index contributed by atoms with van der Waals surface area (Å²) in [5, 5.41) is 7.22. The summed E-state index contributed by atoms with van der Waals surface area (Å²) in [6.07, 6.45) is 2.56. The van der Waals surface area contributed by atoms with E-state index in [-0.39, 0.29) is 5.91 Å². The van der Waals surface area contributed by atoms with Crippen LogP contribution in [0.25, 0.3) is 5.65 Å². The summed E-state index contributed by atoms with van der Waals surface area (Å²) in [6, 6.07) is 10.9. The van der Waals surface area contributed by atoms with Crippen LogP contribution in [0.5, 0.6) is 0 Å². The second-order valence-corrected chi connectivity index (χ2v) is 5.36. The number of anilines is 1. The van der Waals surface area contributed by atoms with Crippen molar-refractivity contribution in [2.75, 3.05) is 5.32 Å². The van der Waals surface area contributed by atoms with Gasteiger partial charge in [0.05, 0.1) is 11.3 Å². The Morgan fingerprint density at radius 2 is 2.10 bits per heavy atom. The molecule has 6 heteroatoms. The lowest BCUT2D eigenvalue weighted by Crippen LogP contribution is -2.13. The number of hydrogen-bond donors (Lipinski definition) is 1. The van der Waals surface area contributed by atoms with Gasteiger partial charge in [-0.1, -0.05) is 19.1 Å². The first-order valence-corrected chi connectivity index (χ1v) is 7.38. The molecule has 1 N–H and O–H groups in total. The molecule has 0 unspecified atom stereocenters. The van der Waals surface area contributed by atoms with Crippen LogP contribution in [0.4, 0.5) is 5.69 Å². The number of nitrogens with zero attached hydrogens (tertiary/aromatic N) is 3. The van der Waals surface area contributed by atoms with Gasteiger partial charge in [0.15, 0.2) is 11.5 Å². The Hall–Kier alpha value is -2.21. The molecule has 0 radical (unpaired) electrons. The molecule has 3 rings (SSSR count). The summed E-state index contributed by atoms with van der Waals surface area (Å²) in [6.45, 7) is 1.99.